The van der Waals surface area contributed by atoms with Gasteiger partial charge in [-0.25, -0.2) is 0 Å². The lowest BCUT2D eigenvalue weighted by Crippen LogP contribution is -2.39. The Morgan fingerprint density at radius 2 is 1.85 bits per heavy atom. The van der Waals surface area contributed by atoms with Crippen molar-refractivity contribution in [2.45, 2.75) is 6.92 Å². The van der Waals surface area contributed by atoms with Gasteiger partial charge in [-0.05, 0) is 31.2 Å². The van der Waals surface area contributed by atoms with E-state index in [4.69, 9.17) is 21.1 Å². The molecule has 1 saturated heterocycles. The highest BCUT2D eigenvalue weighted by Crippen LogP contribution is 2.19. The number of ether oxygens (including phenoxy) is 2. The molecule has 1 aromatic heterocycles. The van der Waals surface area contributed by atoms with Gasteiger partial charge in [0.15, 0.2) is 0 Å². The van der Waals surface area contributed by atoms with Gasteiger partial charge in [0.2, 0.25) is 11.9 Å². The molecule has 0 unspecified atom stereocenters. The molecule has 1 aromatic carbocycles. The van der Waals surface area contributed by atoms with Gasteiger partial charge in [-0.2, -0.15) is 15.0 Å². The number of anilines is 3. The van der Waals surface area contributed by atoms with Crippen LogP contribution in [-0.4, -0.2) is 65.9 Å². The van der Waals surface area contributed by atoms with Crippen LogP contribution in [0.2, 0.25) is 5.02 Å². The summed E-state index contributed by atoms with van der Waals surface area (Å²) in [6, 6.07) is 7.61. The van der Waals surface area contributed by atoms with E-state index in [-0.39, 0.29) is 6.01 Å². The Kier molecular flexibility index (Phi) is 6.82. The predicted octanol–water partition coefficient (Wildman–Crippen LogP) is 2.41. The van der Waals surface area contributed by atoms with Crippen molar-refractivity contribution in [2.24, 2.45) is 0 Å². The van der Waals surface area contributed by atoms with E-state index in [9.17, 15) is 0 Å². The van der Waals surface area contributed by atoms with Crippen molar-refractivity contribution in [3.63, 3.8) is 0 Å². The van der Waals surface area contributed by atoms with Crippen molar-refractivity contribution >= 4 is 29.2 Å². The minimum absolute atomic E-state index is 0.285. The monoisotopic (exact) mass is 378 g/mol. The molecule has 0 saturated carbocycles. The van der Waals surface area contributed by atoms with E-state index >= 15 is 0 Å². The van der Waals surface area contributed by atoms with Crippen LogP contribution in [0.25, 0.3) is 0 Å². The van der Waals surface area contributed by atoms with Crippen LogP contribution in [0.3, 0.4) is 0 Å². The van der Waals surface area contributed by atoms with Gasteiger partial charge in [0, 0.05) is 36.9 Å². The fourth-order valence-electron chi connectivity index (χ4n) is 2.50. The lowest BCUT2D eigenvalue weighted by molar-refractivity contribution is 0.0398. The number of rotatable bonds is 8. The van der Waals surface area contributed by atoms with Gasteiger partial charge in [-0.15, -0.1) is 0 Å². The minimum Gasteiger partial charge on any atom is -0.464 e. The van der Waals surface area contributed by atoms with Gasteiger partial charge in [-0.1, -0.05) is 11.6 Å². The van der Waals surface area contributed by atoms with Crippen LogP contribution in [-0.2, 0) is 4.74 Å². The summed E-state index contributed by atoms with van der Waals surface area (Å²) in [6.45, 7) is 7.48. The SMILES string of the molecule is CCOc1nc(NCCN2CCOCC2)nc(Nc2ccc(Cl)cc2)n1. The summed E-state index contributed by atoms with van der Waals surface area (Å²) in [5, 5.41) is 7.06. The fraction of sp³-hybridized carbons (Fsp3) is 0.471. The highest BCUT2D eigenvalue weighted by atomic mass is 35.5. The van der Waals surface area contributed by atoms with Gasteiger partial charge in [0.1, 0.15) is 0 Å². The van der Waals surface area contributed by atoms with Gasteiger partial charge in [0.05, 0.1) is 19.8 Å². The topological polar surface area (TPSA) is 84.4 Å². The van der Waals surface area contributed by atoms with Crippen molar-refractivity contribution in [1.82, 2.24) is 19.9 Å². The maximum Gasteiger partial charge on any atom is 0.323 e. The molecule has 0 aliphatic carbocycles. The Balaban J connectivity index is 1.63. The third-order valence-electron chi connectivity index (χ3n) is 3.80. The predicted molar refractivity (Wildman–Crippen MR) is 101 cm³/mol. The Morgan fingerprint density at radius 3 is 2.58 bits per heavy atom. The molecule has 1 fully saturated rings. The molecular weight excluding hydrogens is 356 g/mol. The summed E-state index contributed by atoms with van der Waals surface area (Å²) in [5.41, 5.74) is 0.835. The molecule has 0 bridgehead atoms. The average Bonchev–Trinajstić information content (AvgIpc) is 2.65. The first kappa shape index (κ1) is 18.6. The minimum atomic E-state index is 0.285. The number of halogens is 1. The van der Waals surface area contributed by atoms with E-state index in [2.05, 4.69) is 30.5 Å². The van der Waals surface area contributed by atoms with Gasteiger partial charge >= 0.3 is 6.01 Å². The maximum atomic E-state index is 5.92. The standard InChI is InChI=1S/C17H23ClN6O2/c1-2-26-17-22-15(19-7-8-24-9-11-25-12-10-24)21-16(23-17)20-14-5-3-13(18)4-6-14/h3-6H,2,7-12H2,1H3,(H2,19,20,21,22,23). The number of morpholine rings is 1. The smallest absolute Gasteiger partial charge is 0.323 e. The zero-order valence-electron chi connectivity index (χ0n) is 14.7. The molecule has 0 atom stereocenters. The highest BCUT2D eigenvalue weighted by Gasteiger charge is 2.11. The number of aromatic nitrogens is 3. The number of nitrogens with one attached hydrogen (secondary N) is 2. The Hall–Kier alpha value is -2.16. The molecule has 0 amide bonds. The molecule has 9 heteroatoms. The average molecular weight is 379 g/mol. The van der Waals surface area contributed by atoms with Gasteiger partial charge in [0.25, 0.3) is 0 Å². The van der Waals surface area contributed by atoms with Crippen LogP contribution in [0.15, 0.2) is 24.3 Å². The van der Waals surface area contributed by atoms with Crippen LogP contribution in [0.4, 0.5) is 17.6 Å². The molecule has 8 nitrogen and oxygen atoms in total. The summed E-state index contributed by atoms with van der Waals surface area (Å²) >= 11 is 5.92. The van der Waals surface area contributed by atoms with Crippen molar-refractivity contribution in [2.75, 3.05) is 56.6 Å². The molecule has 2 heterocycles. The summed E-state index contributed by atoms with van der Waals surface area (Å²) in [4.78, 5) is 15.3. The van der Waals surface area contributed by atoms with Crippen molar-refractivity contribution < 1.29 is 9.47 Å². The maximum absolute atomic E-state index is 5.92. The molecule has 140 valence electrons. The first-order valence-corrected chi connectivity index (χ1v) is 9.06. The number of hydrogen-bond donors (Lipinski definition) is 2. The fourth-order valence-corrected chi connectivity index (χ4v) is 2.62. The Bertz CT molecular complexity index is 694. The molecule has 1 aliphatic heterocycles. The molecular formula is C17H23ClN6O2. The van der Waals surface area contributed by atoms with Crippen LogP contribution in [0.1, 0.15) is 6.92 Å². The first-order valence-electron chi connectivity index (χ1n) is 8.68. The first-order chi connectivity index (χ1) is 12.7. The van der Waals surface area contributed by atoms with E-state index in [1.807, 2.05) is 19.1 Å². The Morgan fingerprint density at radius 1 is 1.12 bits per heavy atom. The lowest BCUT2D eigenvalue weighted by atomic mass is 10.3. The van der Waals surface area contributed by atoms with E-state index in [0.29, 0.717) is 23.5 Å². The molecule has 0 spiro atoms. The molecule has 2 N–H and O–H groups in total. The van der Waals surface area contributed by atoms with E-state index in [0.717, 1.165) is 45.1 Å². The summed E-state index contributed by atoms with van der Waals surface area (Å²) in [7, 11) is 0. The number of benzene rings is 1. The highest BCUT2D eigenvalue weighted by molar-refractivity contribution is 6.30. The van der Waals surface area contributed by atoms with Crippen molar-refractivity contribution in [1.29, 1.82) is 0 Å². The number of nitrogens with zero attached hydrogens (tertiary/aromatic N) is 4. The summed E-state index contributed by atoms with van der Waals surface area (Å²) in [6.07, 6.45) is 0. The van der Waals surface area contributed by atoms with Gasteiger partial charge < -0.3 is 20.1 Å². The zero-order chi connectivity index (χ0) is 18.2. The second kappa shape index (κ2) is 9.51. The quantitative estimate of drug-likeness (QED) is 0.724. The lowest BCUT2D eigenvalue weighted by Gasteiger charge is -2.26. The van der Waals surface area contributed by atoms with E-state index in [1.54, 1.807) is 12.1 Å². The Labute approximate surface area is 157 Å². The van der Waals surface area contributed by atoms with E-state index < -0.39 is 0 Å². The third-order valence-corrected chi connectivity index (χ3v) is 4.06. The normalized spacial score (nSPS) is 14.8. The van der Waals surface area contributed by atoms with Gasteiger partial charge in [-0.3, -0.25) is 4.90 Å². The van der Waals surface area contributed by atoms with Crippen LogP contribution < -0.4 is 15.4 Å². The second-order valence-electron chi connectivity index (χ2n) is 5.71. The summed E-state index contributed by atoms with van der Waals surface area (Å²) < 4.78 is 10.8. The van der Waals surface area contributed by atoms with Crippen LogP contribution in [0.5, 0.6) is 6.01 Å². The van der Waals surface area contributed by atoms with Crippen LogP contribution in [0, 0.1) is 0 Å². The largest absolute Gasteiger partial charge is 0.464 e. The molecule has 0 radical (unpaired) electrons. The van der Waals surface area contributed by atoms with Crippen molar-refractivity contribution in [3.8, 4) is 6.01 Å². The molecule has 26 heavy (non-hydrogen) atoms. The van der Waals surface area contributed by atoms with Crippen molar-refractivity contribution in [3.05, 3.63) is 29.3 Å². The number of hydrogen-bond acceptors (Lipinski definition) is 8. The molecule has 2 aromatic rings. The molecule has 3 rings (SSSR count). The summed E-state index contributed by atoms with van der Waals surface area (Å²) in [5.74, 6) is 0.896. The van der Waals surface area contributed by atoms with E-state index in [1.165, 1.54) is 0 Å². The molecule has 1 aliphatic rings. The zero-order valence-corrected chi connectivity index (χ0v) is 15.5. The second-order valence-corrected chi connectivity index (χ2v) is 6.15. The van der Waals surface area contributed by atoms with Crippen LogP contribution >= 0.6 is 11.6 Å². The third kappa shape index (κ3) is 5.69.